The Bertz CT molecular complexity index is 711. The minimum Gasteiger partial charge on any atom is -0.465 e. The molecule has 6 nitrogen and oxygen atoms in total. The van der Waals surface area contributed by atoms with E-state index >= 15 is 0 Å². The molecule has 0 spiro atoms. The van der Waals surface area contributed by atoms with Crippen LogP contribution in [0.25, 0.3) is 0 Å². The molecule has 2 fully saturated rings. The van der Waals surface area contributed by atoms with E-state index in [1.165, 1.54) is 0 Å². The van der Waals surface area contributed by atoms with Gasteiger partial charge in [-0.15, -0.1) is 0 Å². The molecular weight excluding hydrogens is 440 g/mol. The monoisotopic (exact) mass is 466 g/mol. The molecule has 0 aromatic heterocycles. The van der Waals surface area contributed by atoms with Crippen LogP contribution in [0.5, 0.6) is 0 Å². The maximum atomic E-state index is 13.5. The van der Waals surface area contributed by atoms with Gasteiger partial charge in [-0.3, -0.25) is 9.35 Å². The molecule has 2 saturated heterocycles. The van der Waals surface area contributed by atoms with Crippen LogP contribution < -0.4 is 0 Å². The van der Waals surface area contributed by atoms with Crippen LogP contribution in [0.1, 0.15) is 52.4 Å². The van der Waals surface area contributed by atoms with Crippen LogP contribution in [0.4, 0.5) is 17.6 Å². The van der Waals surface area contributed by atoms with E-state index in [9.17, 15) is 35.9 Å². The van der Waals surface area contributed by atoms with Gasteiger partial charge in [0.2, 0.25) is 0 Å². The van der Waals surface area contributed by atoms with Gasteiger partial charge in [-0.2, -0.15) is 37.7 Å². The van der Waals surface area contributed by atoms with Gasteiger partial charge in [-0.1, -0.05) is 13.8 Å². The summed E-state index contributed by atoms with van der Waals surface area (Å²) in [4.78, 5) is 12.3. The van der Waals surface area contributed by atoms with Crippen molar-refractivity contribution in [3.63, 3.8) is 0 Å². The smallest absolute Gasteiger partial charge is 0.431 e. The largest absolute Gasteiger partial charge is 0.465 e. The van der Waals surface area contributed by atoms with Crippen LogP contribution in [0.15, 0.2) is 0 Å². The summed E-state index contributed by atoms with van der Waals surface area (Å²) in [5.41, 5.74) is -0.840. The molecule has 2 aliphatic heterocycles. The molecule has 170 valence electrons. The number of fused-ring (bicyclic) bond motifs is 2. The number of carbonyl (C=O) groups excluding carboxylic acids is 1. The third-order valence-electron chi connectivity index (χ3n) is 5.96. The van der Waals surface area contributed by atoms with Gasteiger partial charge in [0.25, 0.3) is 0 Å². The molecule has 0 saturated carbocycles. The van der Waals surface area contributed by atoms with E-state index in [-0.39, 0.29) is 16.4 Å². The van der Waals surface area contributed by atoms with E-state index < -0.39 is 51.8 Å². The lowest BCUT2D eigenvalue weighted by atomic mass is 9.75. The average Bonchev–Trinajstić information content (AvgIpc) is 3.20. The van der Waals surface area contributed by atoms with Gasteiger partial charge in [0.05, 0.1) is 24.5 Å². The Labute approximate surface area is 171 Å². The second-order valence-electron chi connectivity index (χ2n) is 7.81. The van der Waals surface area contributed by atoms with Crippen molar-refractivity contribution in [2.45, 2.75) is 79.7 Å². The molecule has 2 heterocycles. The van der Waals surface area contributed by atoms with Crippen molar-refractivity contribution in [3.05, 3.63) is 0 Å². The Balaban J connectivity index is 1.93. The van der Waals surface area contributed by atoms with Crippen molar-refractivity contribution in [1.29, 1.82) is 0 Å². The van der Waals surface area contributed by atoms with Crippen LogP contribution in [0.2, 0.25) is 0 Å². The van der Waals surface area contributed by atoms with Crippen LogP contribution in [-0.4, -0.2) is 57.9 Å². The number of hydrogen-bond acceptors (Lipinski definition) is 6. The van der Waals surface area contributed by atoms with Gasteiger partial charge < -0.3 is 9.84 Å². The summed E-state index contributed by atoms with van der Waals surface area (Å²) in [5, 5.41) is 4.93. The van der Waals surface area contributed by atoms with Gasteiger partial charge in [-0.05, 0) is 38.0 Å². The topological polar surface area (TPSA) is 101 Å². The van der Waals surface area contributed by atoms with Crippen LogP contribution >= 0.6 is 11.8 Å². The van der Waals surface area contributed by atoms with Crippen molar-refractivity contribution < 1.29 is 45.2 Å². The third-order valence-corrected chi connectivity index (χ3v) is 8.71. The van der Waals surface area contributed by atoms with E-state index in [1.807, 2.05) is 13.8 Å². The zero-order valence-corrected chi connectivity index (χ0v) is 17.7. The number of carbonyl (C=O) groups is 1. The molecule has 12 heteroatoms. The van der Waals surface area contributed by atoms with Crippen molar-refractivity contribution in [3.8, 4) is 0 Å². The average molecular weight is 467 g/mol. The zero-order chi connectivity index (χ0) is 22.3. The molecule has 0 aliphatic carbocycles. The van der Waals surface area contributed by atoms with Crippen LogP contribution in [-0.2, 0) is 19.6 Å². The quantitative estimate of drug-likeness (QED) is 0.289. The number of alkyl halides is 4. The highest BCUT2D eigenvalue weighted by atomic mass is 32.2. The van der Waals surface area contributed by atoms with Crippen molar-refractivity contribution in [1.82, 2.24) is 0 Å². The SMILES string of the molecule is CCC(O)(CC)CC1CC2CC(C(=O)OCCC(F)(F)C(F)(F)S(=O)(=O)O)C1S2. The Morgan fingerprint density at radius 2 is 1.76 bits per heavy atom. The summed E-state index contributed by atoms with van der Waals surface area (Å²) in [7, 11) is -6.31. The summed E-state index contributed by atoms with van der Waals surface area (Å²) in [6, 6.07) is 0. The highest BCUT2D eigenvalue weighted by Crippen LogP contribution is 2.55. The second-order valence-corrected chi connectivity index (χ2v) is 10.8. The fourth-order valence-electron chi connectivity index (χ4n) is 4.03. The van der Waals surface area contributed by atoms with E-state index in [1.54, 1.807) is 11.8 Å². The van der Waals surface area contributed by atoms with Gasteiger partial charge in [0, 0.05) is 10.5 Å². The van der Waals surface area contributed by atoms with Crippen LogP contribution in [0.3, 0.4) is 0 Å². The van der Waals surface area contributed by atoms with Crippen molar-refractivity contribution in [2.75, 3.05) is 6.61 Å². The first kappa shape index (κ1) is 24.7. The molecular formula is C17H26F4O6S2. The Morgan fingerprint density at radius 3 is 2.24 bits per heavy atom. The molecule has 29 heavy (non-hydrogen) atoms. The van der Waals surface area contributed by atoms with E-state index in [0.29, 0.717) is 25.7 Å². The standard InChI is InChI=1S/C17H26F4O6S2/c1-3-15(23,4-2)9-10-7-11-8-12(13(10)28-11)14(22)27-6-5-16(18,19)17(20,21)29(24,25)26/h10-13,23H,3-9H2,1-2H3,(H,24,25,26). The molecule has 0 amide bonds. The first-order chi connectivity index (χ1) is 13.2. The highest BCUT2D eigenvalue weighted by Gasteiger charge is 2.65. The lowest BCUT2D eigenvalue weighted by molar-refractivity contribution is -0.176. The molecule has 2 N–H and O–H groups in total. The van der Waals surface area contributed by atoms with Gasteiger partial charge in [-0.25, -0.2) is 0 Å². The van der Waals surface area contributed by atoms with Gasteiger partial charge in [0.1, 0.15) is 0 Å². The lowest BCUT2D eigenvalue weighted by Gasteiger charge is -2.34. The molecule has 0 aromatic carbocycles. The molecule has 0 radical (unpaired) electrons. The molecule has 0 aromatic rings. The fourth-order valence-corrected chi connectivity index (χ4v) is 6.47. The predicted molar refractivity (Wildman–Crippen MR) is 98.5 cm³/mol. The highest BCUT2D eigenvalue weighted by molar-refractivity contribution is 8.01. The summed E-state index contributed by atoms with van der Waals surface area (Å²) in [5.74, 6) is -6.41. The number of hydrogen-bond donors (Lipinski definition) is 2. The summed E-state index contributed by atoms with van der Waals surface area (Å²) < 4.78 is 87.4. The number of halogens is 4. The van der Waals surface area contributed by atoms with E-state index in [4.69, 9.17) is 9.29 Å². The first-order valence-electron chi connectivity index (χ1n) is 9.44. The van der Waals surface area contributed by atoms with E-state index in [2.05, 4.69) is 0 Å². The van der Waals surface area contributed by atoms with E-state index in [0.717, 1.165) is 6.42 Å². The fraction of sp³-hybridized carbons (Fsp3) is 0.941. The minimum absolute atomic E-state index is 0.0616. The number of ether oxygens (including phenoxy) is 1. The third kappa shape index (κ3) is 5.01. The normalized spacial score (nSPS) is 28.0. The number of esters is 1. The first-order valence-corrected chi connectivity index (χ1v) is 11.8. The number of aliphatic hydroxyl groups is 1. The Hall–Kier alpha value is -0.590. The van der Waals surface area contributed by atoms with Gasteiger partial charge in [0.15, 0.2) is 0 Å². The minimum atomic E-state index is -6.31. The molecule has 2 bridgehead atoms. The molecule has 4 unspecified atom stereocenters. The summed E-state index contributed by atoms with van der Waals surface area (Å²) in [6.07, 6.45) is 1.21. The van der Waals surface area contributed by atoms with Crippen LogP contribution in [0, 0.1) is 11.8 Å². The number of thioether (sulfide) groups is 1. The Morgan fingerprint density at radius 1 is 1.17 bits per heavy atom. The van der Waals surface area contributed by atoms with Gasteiger partial charge >= 0.3 is 27.3 Å². The maximum Gasteiger partial charge on any atom is 0.431 e. The molecule has 2 aliphatic rings. The zero-order valence-electron chi connectivity index (χ0n) is 16.1. The lowest BCUT2D eigenvalue weighted by Crippen LogP contribution is -2.47. The molecule has 4 atom stereocenters. The predicted octanol–water partition coefficient (Wildman–Crippen LogP) is 3.49. The van der Waals surface area contributed by atoms with Crippen molar-refractivity contribution in [2.24, 2.45) is 11.8 Å². The summed E-state index contributed by atoms with van der Waals surface area (Å²) in [6.45, 7) is 2.64. The summed E-state index contributed by atoms with van der Waals surface area (Å²) >= 11 is 1.59. The second kappa shape index (κ2) is 8.51. The maximum absolute atomic E-state index is 13.5. The Kier molecular flexibility index (Phi) is 7.24. The van der Waals surface area contributed by atoms with Crippen molar-refractivity contribution >= 4 is 27.8 Å². The number of rotatable bonds is 10. The molecule has 2 rings (SSSR count).